The summed E-state index contributed by atoms with van der Waals surface area (Å²) in [5.74, 6) is 0.714. The van der Waals surface area contributed by atoms with Gasteiger partial charge in [-0.25, -0.2) is 4.79 Å². The van der Waals surface area contributed by atoms with Gasteiger partial charge < -0.3 is 9.47 Å². The van der Waals surface area contributed by atoms with Gasteiger partial charge in [-0.05, 0) is 54.9 Å². The van der Waals surface area contributed by atoms with E-state index in [1.54, 1.807) is 25.3 Å². The highest BCUT2D eigenvalue weighted by atomic mass is 79.9. The summed E-state index contributed by atoms with van der Waals surface area (Å²) in [4.78, 5) is 11.5. The van der Waals surface area contributed by atoms with Crippen molar-refractivity contribution in [1.29, 1.82) is 0 Å². The molecule has 0 bridgehead atoms. The summed E-state index contributed by atoms with van der Waals surface area (Å²) in [6.45, 7) is 5.45. The number of hydrogen-bond donors (Lipinski definition) is 1. The fourth-order valence-electron chi connectivity index (χ4n) is 1.14. The lowest BCUT2D eigenvalue weighted by Gasteiger charge is -2.20. The first-order valence-electron chi connectivity index (χ1n) is 5.15. The molecule has 0 aliphatic carbocycles. The molecule has 0 unspecified atom stereocenters. The van der Waals surface area contributed by atoms with Crippen LogP contribution in [0, 0.1) is 0 Å². The van der Waals surface area contributed by atoms with Gasteiger partial charge >= 0.3 is 6.09 Å². The fraction of sp³-hybridized carbons (Fsp3) is 0.417. The van der Waals surface area contributed by atoms with Crippen molar-refractivity contribution < 1.29 is 14.3 Å². The molecule has 0 saturated carbocycles. The van der Waals surface area contributed by atoms with Crippen molar-refractivity contribution in [3.63, 3.8) is 0 Å². The summed E-state index contributed by atoms with van der Waals surface area (Å²) in [5.41, 5.74) is 0.128. The second kappa shape index (κ2) is 5.40. The van der Waals surface area contributed by atoms with Crippen molar-refractivity contribution in [3.05, 3.63) is 22.7 Å². The minimum absolute atomic E-state index is 0.483. The van der Waals surface area contributed by atoms with E-state index in [1.165, 1.54) is 0 Å². The third-order valence-corrected chi connectivity index (χ3v) is 2.47. The van der Waals surface area contributed by atoms with Crippen molar-refractivity contribution in [1.82, 2.24) is 0 Å². The summed E-state index contributed by atoms with van der Waals surface area (Å²) in [6.07, 6.45) is -0.483. The second-order valence-electron chi connectivity index (χ2n) is 4.47. The number of nitrogens with one attached hydrogen (secondary N) is 1. The summed E-state index contributed by atoms with van der Waals surface area (Å²) >= 11 is 3.35. The largest absolute Gasteiger partial charge is 0.497 e. The van der Waals surface area contributed by atoms with E-state index in [-0.39, 0.29) is 0 Å². The predicted octanol–water partition coefficient (Wildman–Crippen LogP) is 3.80. The molecular formula is C12H16BrNO3. The van der Waals surface area contributed by atoms with Gasteiger partial charge in [0.2, 0.25) is 0 Å². The molecule has 0 fully saturated rings. The number of carbonyl (C=O) groups is 1. The summed E-state index contributed by atoms with van der Waals surface area (Å²) in [6, 6.07) is 5.27. The van der Waals surface area contributed by atoms with E-state index in [9.17, 15) is 4.79 Å². The van der Waals surface area contributed by atoms with Gasteiger partial charge in [0.05, 0.1) is 12.8 Å². The average molecular weight is 302 g/mol. The zero-order chi connectivity index (χ0) is 13.1. The number of anilines is 1. The Bertz CT molecular complexity index is 413. The van der Waals surface area contributed by atoms with Gasteiger partial charge in [0.25, 0.3) is 0 Å². The van der Waals surface area contributed by atoms with E-state index in [0.29, 0.717) is 11.4 Å². The molecule has 5 heteroatoms. The molecule has 1 rings (SSSR count). The Labute approximate surface area is 109 Å². The van der Waals surface area contributed by atoms with Crippen molar-refractivity contribution in [2.75, 3.05) is 12.4 Å². The molecule has 0 aliphatic rings. The average Bonchev–Trinajstić information content (AvgIpc) is 2.18. The van der Waals surface area contributed by atoms with E-state index in [4.69, 9.17) is 9.47 Å². The van der Waals surface area contributed by atoms with Gasteiger partial charge in [0.1, 0.15) is 11.4 Å². The van der Waals surface area contributed by atoms with Crippen molar-refractivity contribution in [2.24, 2.45) is 0 Å². The van der Waals surface area contributed by atoms with Crippen LogP contribution < -0.4 is 10.1 Å². The van der Waals surface area contributed by atoms with Crippen molar-refractivity contribution >= 4 is 27.7 Å². The summed E-state index contributed by atoms with van der Waals surface area (Å²) < 4.78 is 11.0. The number of methoxy groups -OCH3 is 1. The number of carbonyl (C=O) groups excluding carboxylic acids is 1. The van der Waals surface area contributed by atoms with E-state index in [1.807, 2.05) is 20.8 Å². The normalized spacial score (nSPS) is 10.9. The SMILES string of the molecule is COc1ccc(NC(=O)OC(C)(C)C)c(Br)c1. The third-order valence-electron chi connectivity index (χ3n) is 1.81. The molecule has 1 aromatic rings. The molecule has 0 heterocycles. The Morgan fingerprint density at radius 1 is 1.35 bits per heavy atom. The van der Waals surface area contributed by atoms with E-state index in [2.05, 4.69) is 21.2 Å². The van der Waals surface area contributed by atoms with Gasteiger partial charge in [-0.15, -0.1) is 0 Å². The summed E-state index contributed by atoms with van der Waals surface area (Å²) in [5, 5.41) is 2.65. The summed E-state index contributed by atoms with van der Waals surface area (Å²) in [7, 11) is 1.59. The molecule has 0 atom stereocenters. The maximum Gasteiger partial charge on any atom is 0.412 e. The zero-order valence-corrected chi connectivity index (χ0v) is 11.9. The topological polar surface area (TPSA) is 47.6 Å². The molecule has 0 radical (unpaired) electrons. The number of benzene rings is 1. The third kappa shape index (κ3) is 4.65. The van der Waals surface area contributed by atoms with Crippen LogP contribution in [0.2, 0.25) is 0 Å². The lowest BCUT2D eigenvalue weighted by molar-refractivity contribution is 0.0636. The lowest BCUT2D eigenvalue weighted by Crippen LogP contribution is -2.27. The molecule has 0 saturated heterocycles. The van der Waals surface area contributed by atoms with E-state index < -0.39 is 11.7 Å². The molecule has 1 amide bonds. The number of rotatable bonds is 2. The molecule has 1 aromatic carbocycles. The molecule has 94 valence electrons. The number of hydrogen-bond acceptors (Lipinski definition) is 3. The van der Waals surface area contributed by atoms with Crippen LogP contribution in [0.15, 0.2) is 22.7 Å². The number of amides is 1. The van der Waals surface area contributed by atoms with Gasteiger partial charge in [-0.2, -0.15) is 0 Å². The van der Waals surface area contributed by atoms with Crippen molar-refractivity contribution in [3.8, 4) is 5.75 Å². The maximum atomic E-state index is 11.5. The van der Waals surface area contributed by atoms with Crippen LogP contribution in [0.4, 0.5) is 10.5 Å². The Kier molecular flexibility index (Phi) is 4.40. The van der Waals surface area contributed by atoms with Crippen LogP contribution >= 0.6 is 15.9 Å². The number of halogens is 1. The maximum absolute atomic E-state index is 11.5. The Morgan fingerprint density at radius 3 is 2.47 bits per heavy atom. The molecule has 1 N–H and O–H groups in total. The van der Waals surface area contributed by atoms with Crippen LogP contribution in [0.3, 0.4) is 0 Å². The first-order chi connectivity index (χ1) is 7.81. The van der Waals surface area contributed by atoms with Gasteiger partial charge in [0.15, 0.2) is 0 Å². The molecule has 17 heavy (non-hydrogen) atoms. The quantitative estimate of drug-likeness (QED) is 0.903. The van der Waals surface area contributed by atoms with Gasteiger partial charge in [0, 0.05) is 4.47 Å². The molecule has 0 aliphatic heterocycles. The molecule has 4 nitrogen and oxygen atoms in total. The van der Waals surface area contributed by atoms with Crippen LogP contribution in [0.25, 0.3) is 0 Å². The van der Waals surface area contributed by atoms with E-state index in [0.717, 1.165) is 4.47 Å². The Morgan fingerprint density at radius 2 is 2.00 bits per heavy atom. The predicted molar refractivity (Wildman–Crippen MR) is 70.6 cm³/mol. The lowest BCUT2D eigenvalue weighted by atomic mass is 10.2. The Hall–Kier alpha value is -1.23. The molecule has 0 aromatic heterocycles. The first-order valence-corrected chi connectivity index (χ1v) is 5.94. The van der Waals surface area contributed by atoms with Crippen molar-refractivity contribution in [2.45, 2.75) is 26.4 Å². The fourth-order valence-corrected chi connectivity index (χ4v) is 1.59. The van der Waals surface area contributed by atoms with Crippen LogP contribution in [-0.4, -0.2) is 18.8 Å². The number of ether oxygens (including phenoxy) is 2. The zero-order valence-electron chi connectivity index (χ0n) is 10.3. The second-order valence-corrected chi connectivity index (χ2v) is 5.33. The molecule has 0 spiro atoms. The smallest absolute Gasteiger partial charge is 0.412 e. The minimum atomic E-state index is -0.511. The van der Waals surface area contributed by atoms with Crippen LogP contribution in [-0.2, 0) is 4.74 Å². The highest BCUT2D eigenvalue weighted by molar-refractivity contribution is 9.10. The van der Waals surface area contributed by atoms with E-state index >= 15 is 0 Å². The first kappa shape index (κ1) is 13.8. The van der Waals surface area contributed by atoms with Crippen LogP contribution in [0.5, 0.6) is 5.75 Å². The Balaban J connectivity index is 2.72. The standard InChI is InChI=1S/C12H16BrNO3/c1-12(2,3)17-11(15)14-10-6-5-8(16-4)7-9(10)13/h5-7H,1-4H3,(H,14,15). The molecular weight excluding hydrogens is 286 g/mol. The van der Waals surface area contributed by atoms with Gasteiger partial charge in [-0.1, -0.05) is 0 Å². The highest BCUT2D eigenvalue weighted by Gasteiger charge is 2.16. The minimum Gasteiger partial charge on any atom is -0.497 e. The van der Waals surface area contributed by atoms with Gasteiger partial charge in [-0.3, -0.25) is 5.32 Å². The highest BCUT2D eigenvalue weighted by Crippen LogP contribution is 2.27. The monoisotopic (exact) mass is 301 g/mol. The van der Waals surface area contributed by atoms with Crippen LogP contribution in [0.1, 0.15) is 20.8 Å².